The van der Waals surface area contributed by atoms with Crippen molar-refractivity contribution in [1.29, 1.82) is 0 Å². The number of nitrogen functional groups attached to an aromatic ring is 1. The molecule has 0 saturated carbocycles. The minimum atomic E-state index is 0.257. The first-order valence-corrected chi connectivity index (χ1v) is 5.85. The quantitative estimate of drug-likeness (QED) is 0.848. The Morgan fingerprint density at radius 2 is 2.24 bits per heavy atom. The standard InChI is InChI=1S/C11H10BrN3O2/c1-5-9(12)6(7-3-14-15-11(7)13)2-8-10(5)17-4-16-8/h2-3H,4H2,1H3,(H3,13,14,15). The van der Waals surface area contributed by atoms with Gasteiger partial charge in [-0.1, -0.05) is 0 Å². The summed E-state index contributed by atoms with van der Waals surface area (Å²) in [7, 11) is 0. The molecule has 0 amide bonds. The highest BCUT2D eigenvalue weighted by molar-refractivity contribution is 9.10. The van der Waals surface area contributed by atoms with Crippen LogP contribution in [0, 0.1) is 6.92 Å². The van der Waals surface area contributed by atoms with Crippen LogP contribution in [0.1, 0.15) is 5.56 Å². The molecular formula is C11H10BrN3O2. The van der Waals surface area contributed by atoms with Crippen LogP contribution in [0.3, 0.4) is 0 Å². The Balaban J connectivity index is 2.25. The summed E-state index contributed by atoms with van der Waals surface area (Å²) in [5, 5.41) is 6.64. The Morgan fingerprint density at radius 1 is 1.41 bits per heavy atom. The van der Waals surface area contributed by atoms with Gasteiger partial charge in [-0.15, -0.1) is 0 Å². The third kappa shape index (κ3) is 1.48. The number of benzene rings is 1. The smallest absolute Gasteiger partial charge is 0.231 e. The van der Waals surface area contributed by atoms with E-state index >= 15 is 0 Å². The molecule has 0 saturated heterocycles. The van der Waals surface area contributed by atoms with Gasteiger partial charge in [-0.3, -0.25) is 5.10 Å². The number of nitrogens with zero attached hydrogens (tertiary/aromatic N) is 1. The third-order valence-corrected chi connectivity index (χ3v) is 3.80. The van der Waals surface area contributed by atoms with Crippen molar-refractivity contribution < 1.29 is 9.47 Å². The van der Waals surface area contributed by atoms with Crippen LogP contribution in [-0.4, -0.2) is 17.0 Å². The number of H-pyrrole nitrogens is 1. The van der Waals surface area contributed by atoms with Crippen molar-refractivity contribution in [3.8, 4) is 22.6 Å². The molecule has 3 N–H and O–H groups in total. The zero-order valence-corrected chi connectivity index (χ0v) is 10.7. The van der Waals surface area contributed by atoms with E-state index < -0.39 is 0 Å². The van der Waals surface area contributed by atoms with Gasteiger partial charge in [0.15, 0.2) is 11.5 Å². The molecule has 5 nitrogen and oxygen atoms in total. The maximum absolute atomic E-state index is 5.83. The van der Waals surface area contributed by atoms with Gasteiger partial charge in [-0.25, -0.2) is 0 Å². The number of fused-ring (bicyclic) bond motifs is 1. The van der Waals surface area contributed by atoms with Gasteiger partial charge >= 0.3 is 0 Å². The molecule has 17 heavy (non-hydrogen) atoms. The molecule has 0 aliphatic carbocycles. The summed E-state index contributed by atoms with van der Waals surface area (Å²) in [6.07, 6.45) is 1.69. The summed E-state index contributed by atoms with van der Waals surface area (Å²) in [5.41, 5.74) is 8.61. The predicted octanol–water partition coefficient (Wildman–Crippen LogP) is 2.46. The van der Waals surface area contributed by atoms with E-state index in [1.54, 1.807) is 6.20 Å². The molecule has 1 aliphatic heterocycles. The summed E-state index contributed by atoms with van der Waals surface area (Å²) < 4.78 is 11.7. The van der Waals surface area contributed by atoms with E-state index in [-0.39, 0.29) is 6.79 Å². The van der Waals surface area contributed by atoms with Crippen molar-refractivity contribution in [2.45, 2.75) is 6.92 Å². The fourth-order valence-corrected chi connectivity index (χ4v) is 2.40. The SMILES string of the molecule is Cc1c(Br)c(-c2cn[nH]c2N)cc2c1OCO2. The lowest BCUT2D eigenvalue weighted by Gasteiger charge is -2.09. The van der Waals surface area contributed by atoms with E-state index in [1.165, 1.54) is 0 Å². The Morgan fingerprint density at radius 3 is 2.94 bits per heavy atom. The van der Waals surface area contributed by atoms with E-state index in [2.05, 4.69) is 26.1 Å². The van der Waals surface area contributed by atoms with Gasteiger partial charge in [0.2, 0.25) is 6.79 Å². The van der Waals surface area contributed by atoms with E-state index in [0.717, 1.165) is 32.7 Å². The monoisotopic (exact) mass is 295 g/mol. The van der Waals surface area contributed by atoms with Gasteiger partial charge in [0.1, 0.15) is 5.82 Å². The number of anilines is 1. The number of ether oxygens (including phenoxy) is 2. The molecule has 0 spiro atoms. The highest BCUT2D eigenvalue weighted by Gasteiger charge is 2.22. The van der Waals surface area contributed by atoms with Crippen LogP contribution < -0.4 is 15.2 Å². The second-order valence-electron chi connectivity index (χ2n) is 3.79. The van der Waals surface area contributed by atoms with Crippen molar-refractivity contribution >= 4 is 21.7 Å². The number of hydrogen-bond acceptors (Lipinski definition) is 4. The Labute approximate surface area is 106 Å². The fourth-order valence-electron chi connectivity index (χ4n) is 1.89. The molecule has 3 rings (SSSR count). The Kier molecular flexibility index (Phi) is 2.25. The average molecular weight is 296 g/mol. The number of nitrogens with one attached hydrogen (secondary N) is 1. The summed E-state index contributed by atoms with van der Waals surface area (Å²) >= 11 is 3.56. The van der Waals surface area contributed by atoms with Crippen LogP contribution in [0.5, 0.6) is 11.5 Å². The van der Waals surface area contributed by atoms with Gasteiger partial charge in [0.05, 0.1) is 6.20 Å². The molecule has 0 bridgehead atoms. The van der Waals surface area contributed by atoms with Crippen LogP contribution in [-0.2, 0) is 0 Å². The molecule has 0 fully saturated rings. The lowest BCUT2D eigenvalue weighted by atomic mass is 10.0. The third-order valence-electron chi connectivity index (χ3n) is 2.78. The molecule has 6 heteroatoms. The van der Waals surface area contributed by atoms with E-state index in [4.69, 9.17) is 15.2 Å². The van der Waals surface area contributed by atoms with Crippen molar-refractivity contribution in [1.82, 2.24) is 10.2 Å². The Hall–Kier alpha value is -1.69. The minimum absolute atomic E-state index is 0.257. The lowest BCUT2D eigenvalue weighted by molar-refractivity contribution is 0.173. The molecule has 88 valence electrons. The molecule has 0 atom stereocenters. The predicted molar refractivity (Wildman–Crippen MR) is 67.0 cm³/mol. The summed E-state index contributed by atoms with van der Waals surface area (Å²) in [6, 6.07) is 1.90. The number of nitrogens with two attached hydrogens (primary N) is 1. The van der Waals surface area contributed by atoms with E-state index in [9.17, 15) is 0 Å². The largest absolute Gasteiger partial charge is 0.454 e. The van der Waals surface area contributed by atoms with Gasteiger partial charge in [-0.2, -0.15) is 5.10 Å². The molecule has 2 aromatic rings. The maximum Gasteiger partial charge on any atom is 0.231 e. The molecular weight excluding hydrogens is 286 g/mol. The summed E-state index contributed by atoms with van der Waals surface area (Å²) in [5.74, 6) is 2.05. The second kappa shape index (κ2) is 3.66. The van der Waals surface area contributed by atoms with Crippen molar-refractivity contribution in [2.75, 3.05) is 12.5 Å². The molecule has 1 aromatic heterocycles. The number of aromatic nitrogens is 2. The molecule has 1 aliphatic rings. The van der Waals surface area contributed by atoms with E-state index in [1.807, 2.05) is 13.0 Å². The maximum atomic E-state index is 5.83. The van der Waals surface area contributed by atoms with Crippen molar-refractivity contribution in [3.63, 3.8) is 0 Å². The van der Waals surface area contributed by atoms with Crippen molar-refractivity contribution in [3.05, 3.63) is 22.3 Å². The summed E-state index contributed by atoms with van der Waals surface area (Å²) in [4.78, 5) is 0. The second-order valence-corrected chi connectivity index (χ2v) is 4.59. The lowest BCUT2D eigenvalue weighted by Crippen LogP contribution is -1.93. The normalized spacial score (nSPS) is 13.1. The highest BCUT2D eigenvalue weighted by Crippen LogP contribution is 2.45. The number of halogens is 1. The first-order chi connectivity index (χ1) is 8.18. The fraction of sp³-hybridized carbons (Fsp3) is 0.182. The Bertz CT molecular complexity index is 595. The first-order valence-electron chi connectivity index (χ1n) is 5.06. The number of aromatic amines is 1. The van der Waals surface area contributed by atoms with Gasteiger partial charge in [-0.05, 0) is 28.9 Å². The van der Waals surface area contributed by atoms with Crippen LogP contribution in [0.15, 0.2) is 16.7 Å². The van der Waals surface area contributed by atoms with Gasteiger partial charge in [0.25, 0.3) is 0 Å². The number of rotatable bonds is 1. The highest BCUT2D eigenvalue weighted by atomic mass is 79.9. The van der Waals surface area contributed by atoms with Gasteiger partial charge in [0, 0.05) is 21.2 Å². The van der Waals surface area contributed by atoms with Crippen molar-refractivity contribution in [2.24, 2.45) is 0 Å². The summed E-state index contributed by atoms with van der Waals surface area (Å²) in [6.45, 7) is 2.23. The zero-order valence-electron chi connectivity index (χ0n) is 9.08. The molecule has 0 radical (unpaired) electrons. The number of hydrogen-bond donors (Lipinski definition) is 2. The van der Waals surface area contributed by atoms with Crippen LogP contribution in [0.2, 0.25) is 0 Å². The first kappa shape index (κ1) is 10.5. The molecule has 0 unspecified atom stereocenters. The minimum Gasteiger partial charge on any atom is -0.454 e. The zero-order chi connectivity index (χ0) is 12.0. The average Bonchev–Trinajstić information content (AvgIpc) is 2.92. The van der Waals surface area contributed by atoms with E-state index in [0.29, 0.717) is 5.82 Å². The van der Waals surface area contributed by atoms with Crippen LogP contribution in [0.4, 0.5) is 5.82 Å². The molecule has 1 aromatic carbocycles. The topological polar surface area (TPSA) is 73.2 Å². The molecule has 2 heterocycles. The van der Waals surface area contributed by atoms with Crippen LogP contribution >= 0.6 is 15.9 Å². The van der Waals surface area contributed by atoms with Gasteiger partial charge < -0.3 is 15.2 Å². The van der Waals surface area contributed by atoms with Crippen LogP contribution in [0.25, 0.3) is 11.1 Å².